The van der Waals surface area contributed by atoms with Crippen molar-refractivity contribution < 1.29 is 21.6 Å². The second kappa shape index (κ2) is 9.75. The quantitative estimate of drug-likeness (QED) is 0.415. The number of aliphatic imine (C=N–C) groups is 1. The van der Waals surface area contributed by atoms with E-state index in [9.17, 15) is 21.6 Å². The zero-order chi connectivity index (χ0) is 26.6. The number of hydrogen-bond donors (Lipinski definition) is 2. The molecule has 1 saturated carbocycles. The van der Waals surface area contributed by atoms with E-state index in [0.29, 0.717) is 37.9 Å². The molecular weight excluding hydrogens is 563 g/mol. The molecule has 1 aromatic carbocycles. The van der Waals surface area contributed by atoms with Crippen LogP contribution >= 0.6 is 22.9 Å². The zero-order valence-electron chi connectivity index (χ0n) is 19.6. The lowest BCUT2D eigenvalue weighted by Gasteiger charge is -2.32. The number of benzene rings is 1. The smallest absolute Gasteiger partial charge is 0.326 e. The third-order valence-corrected chi connectivity index (χ3v) is 8.86. The highest BCUT2D eigenvalue weighted by Crippen LogP contribution is 2.46. The van der Waals surface area contributed by atoms with Gasteiger partial charge in [0.05, 0.1) is 6.20 Å². The first-order valence-corrected chi connectivity index (χ1v) is 14.5. The molecule has 2 aromatic heterocycles. The van der Waals surface area contributed by atoms with Crippen molar-refractivity contribution >= 4 is 44.6 Å². The van der Waals surface area contributed by atoms with Crippen LogP contribution in [0.15, 0.2) is 52.9 Å². The molecule has 2 aliphatic heterocycles. The van der Waals surface area contributed by atoms with Gasteiger partial charge in [-0.05, 0) is 30.5 Å². The summed E-state index contributed by atoms with van der Waals surface area (Å²) in [6, 6.07) is 2.53. The van der Waals surface area contributed by atoms with E-state index < -0.39 is 34.7 Å². The minimum atomic E-state index is -3.76. The highest BCUT2D eigenvalue weighted by atomic mass is 35.5. The van der Waals surface area contributed by atoms with E-state index in [2.05, 4.69) is 19.5 Å². The molecule has 2 fully saturated rings. The van der Waals surface area contributed by atoms with Crippen LogP contribution < -0.4 is 9.44 Å². The predicted molar refractivity (Wildman–Crippen MR) is 137 cm³/mol. The fourth-order valence-corrected chi connectivity index (χ4v) is 6.99. The van der Waals surface area contributed by atoms with E-state index in [0.717, 1.165) is 12.8 Å². The molecule has 0 unspecified atom stereocenters. The van der Waals surface area contributed by atoms with Crippen LogP contribution in [0.5, 0.6) is 0 Å². The Kier molecular flexibility index (Phi) is 6.54. The maximum absolute atomic E-state index is 13.9. The normalized spacial score (nSPS) is 21.8. The predicted octanol–water partition coefficient (Wildman–Crippen LogP) is 4.10. The lowest BCUT2D eigenvalue weighted by Crippen LogP contribution is -2.45. The van der Waals surface area contributed by atoms with Gasteiger partial charge in [0.2, 0.25) is 0 Å². The average molecular weight is 584 g/mol. The lowest BCUT2D eigenvalue weighted by molar-refractivity contribution is 0.0566. The van der Waals surface area contributed by atoms with Crippen LogP contribution in [0.25, 0.3) is 5.57 Å². The van der Waals surface area contributed by atoms with Gasteiger partial charge in [0.1, 0.15) is 11.9 Å². The van der Waals surface area contributed by atoms with E-state index in [1.165, 1.54) is 41.9 Å². The van der Waals surface area contributed by atoms with E-state index in [-0.39, 0.29) is 24.0 Å². The van der Waals surface area contributed by atoms with Gasteiger partial charge in [0.25, 0.3) is 10.2 Å². The summed E-state index contributed by atoms with van der Waals surface area (Å²) in [6.45, 7) is -2.61. The van der Waals surface area contributed by atoms with Gasteiger partial charge in [-0.15, -0.1) is 11.3 Å². The van der Waals surface area contributed by atoms with Crippen LogP contribution in [0.1, 0.15) is 48.0 Å². The summed E-state index contributed by atoms with van der Waals surface area (Å²) in [5.74, 6) is -0.0409. The molecule has 2 N–H and O–H groups in total. The Morgan fingerprint density at radius 1 is 1.18 bits per heavy atom. The summed E-state index contributed by atoms with van der Waals surface area (Å²) >= 11 is 7.81. The third kappa shape index (κ3) is 4.98. The van der Waals surface area contributed by atoms with Crippen molar-refractivity contribution in [3.8, 4) is 0 Å². The van der Waals surface area contributed by atoms with Gasteiger partial charge in [-0.2, -0.15) is 31.7 Å². The molecule has 0 amide bonds. The molecule has 15 heteroatoms. The van der Waals surface area contributed by atoms with Gasteiger partial charge in [-0.25, -0.2) is 14.1 Å². The highest BCUT2D eigenvalue weighted by molar-refractivity contribution is 7.87. The van der Waals surface area contributed by atoms with Crippen LogP contribution in [-0.2, 0) is 10.2 Å². The molecule has 0 bridgehead atoms. The largest absolute Gasteiger partial charge is 0.333 e. The molecule has 3 aliphatic rings. The number of aromatic nitrogens is 3. The molecule has 3 aromatic rings. The summed E-state index contributed by atoms with van der Waals surface area (Å²) in [4.78, 5) is 11.2. The minimum Gasteiger partial charge on any atom is -0.326 e. The number of alkyl halides is 2. The molecule has 1 saturated heterocycles. The number of amidine groups is 1. The maximum Gasteiger partial charge on any atom is 0.333 e. The summed E-state index contributed by atoms with van der Waals surface area (Å²) < 4.78 is 72.1. The molecule has 0 spiro atoms. The van der Waals surface area contributed by atoms with E-state index in [1.807, 2.05) is 4.90 Å². The number of halogens is 4. The number of nitrogens with zero attached hydrogens (tertiary/aromatic N) is 5. The van der Waals surface area contributed by atoms with Crippen molar-refractivity contribution in [3.05, 3.63) is 74.8 Å². The number of nitrogens with one attached hydrogen (secondary N) is 2. The van der Waals surface area contributed by atoms with Gasteiger partial charge in [-0.3, -0.25) is 4.99 Å². The van der Waals surface area contributed by atoms with Crippen LogP contribution in [0.3, 0.4) is 0 Å². The minimum absolute atomic E-state index is 0.0658. The summed E-state index contributed by atoms with van der Waals surface area (Å²) in [5.41, 5.74) is 2.04. The first-order chi connectivity index (χ1) is 18.2. The van der Waals surface area contributed by atoms with E-state index in [4.69, 9.17) is 16.6 Å². The molecule has 1 aliphatic carbocycles. The SMILES string of the molecule is O=S(=O)(NC1CC1)N[C@H]1CC2=C(c3cnn(C(F)F)c3)[C@H](c3ccc(F)cc3Cl)N=C(c3nccs3)N2C1. The molecular formula is C23H21ClF3N7O2S2. The Bertz CT molecular complexity index is 1540. The van der Waals surface area contributed by atoms with Gasteiger partial charge >= 0.3 is 6.55 Å². The highest BCUT2D eigenvalue weighted by Gasteiger charge is 2.42. The Morgan fingerprint density at radius 3 is 2.63 bits per heavy atom. The third-order valence-electron chi connectivity index (χ3n) is 6.47. The first kappa shape index (κ1) is 25.5. The topological polar surface area (TPSA) is 105 Å². The molecule has 0 radical (unpaired) electrons. The summed E-state index contributed by atoms with van der Waals surface area (Å²) in [5, 5.41) is 6.30. The van der Waals surface area contributed by atoms with Gasteiger partial charge < -0.3 is 4.90 Å². The van der Waals surface area contributed by atoms with Crippen molar-refractivity contribution in [2.75, 3.05) is 6.54 Å². The molecule has 6 rings (SSSR count). The number of rotatable bonds is 8. The van der Waals surface area contributed by atoms with Crippen LogP contribution in [0, 0.1) is 5.82 Å². The Balaban J connectivity index is 1.48. The lowest BCUT2D eigenvalue weighted by atomic mass is 9.91. The van der Waals surface area contributed by atoms with Crippen LogP contribution in [0.2, 0.25) is 5.02 Å². The fraction of sp³-hybridized carbons (Fsp3) is 0.348. The molecule has 38 heavy (non-hydrogen) atoms. The summed E-state index contributed by atoms with van der Waals surface area (Å²) in [7, 11) is -3.76. The van der Waals surface area contributed by atoms with E-state index in [1.54, 1.807) is 11.6 Å². The molecule has 2 atom stereocenters. The average Bonchev–Trinajstić information content (AvgIpc) is 3.25. The fourth-order valence-electron chi connectivity index (χ4n) is 4.74. The van der Waals surface area contributed by atoms with Crippen molar-refractivity contribution in [2.45, 2.75) is 43.9 Å². The van der Waals surface area contributed by atoms with Crippen molar-refractivity contribution in [3.63, 3.8) is 0 Å². The first-order valence-electron chi connectivity index (χ1n) is 11.7. The van der Waals surface area contributed by atoms with Crippen LogP contribution in [0.4, 0.5) is 13.2 Å². The Hall–Kier alpha value is -2.78. The van der Waals surface area contributed by atoms with Crippen LogP contribution in [-0.4, -0.2) is 52.5 Å². The Morgan fingerprint density at radius 2 is 1.97 bits per heavy atom. The molecule has 4 heterocycles. The van der Waals surface area contributed by atoms with Crippen molar-refractivity contribution in [1.82, 2.24) is 29.1 Å². The molecule has 200 valence electrons. The monoisotopic (exact) mass is 583 g/mol. The standard InChI is InChI=1S/C23H21ClF3N7O2S2/c24-17-7-13(25)1-4-16(17)20-19(12-9-29-34(10-12)23(26)27)18-8-15(32-38(35,36)31-14-2-3-14)11-33(18)21(30-20)22-28-5-6-37-22/h1,4-7,9-10,14-15,20,23,31-32H,2-3,8,11H2/t15-,20-/m0/s1. The van der Waals surface area contributed by atoms with E-state index >= 15 is 0 Å². The Labute approximate surface area is 225 Å². The van der Waals surface area contributed by atoms with Gasteiger partial charge in [0.15, 0.2) is 10.8 Å². The molecule has 9 nitrogen and oxygen atoms in total. The zero-order valence-corrected chi connectivity index (χ0v) is 21.9. The van der Waals surface area contributed by atoms with Crippen molar-refractivity contribution in [2.24, 2.45) is 4.99 Å². The number of hydrogen-bond acceptors (Lipinski definition) is 7. The second-order valence-electron chi connectivity index (χ2n) is 9.23. The number of fused-ring (bicyclic) bond motifs is 1. The summed E-state index contributed by atoms with van der Waals surface area (Å²) in [6.07, 6.45) is 5.99. The van der Waals surface area contributed by atoms with Gasteiger partial charge in [-0.1, -0.05) is 17.7 Å². The second-order valence-corrected chi connectivity index (χ2v) is 12.0. The number of thiazole rings is 1. The van der Waals surface area contributed by atoms with Gasteiger partial charge in [0, 0.05) is 64.7 Å². The van der Waals surface area contributed by atoms with Crippen molar-refractivity contribution in [1.29, 1.82) is 0 Å². The maximum atomic E-state index is 13.9.